The zero-order chi connectivity index (χ0) is 9.10. The standard InChI is InChI=1S/C8H11N3OS/c12-13-5-3-11(4-6-13)8-1-2-9-7-10-8/h1-2,7H,3-6H2. The molecule has 1 aromatic heterocycles. The second-order valence-electron chi connectivity index (χ2n) is 2.90. The summed E-state index contributed by atoms with van der Waals surface area (Å²) in [5.41, 5.74) is 0. The van der Waals surface area contributed by atoms with Crippen LogP contribution in [0.25, 0.3) is 0 Å². The van der Waals surface area contributed by atoms with Crippen molar-refractivity contribution in [3.05, 3.63) is 18.6 Å². The second kappa shape index (κ2) is 3.83. The molecule has 0 saturated carbocycles. The van der Waals surface area contributed by atoms with Gasteiger partial charge in [-0.1, -0.05) is 0 Å². The number of hydrogen-bond acceptors (Lipinski definition) is 4. The van der Waals surface area contributed by atoms with Crippen molar-refractivity contribution < 1.29 is 4.21 Å². The zero-order valence-corrected chi connectivity index (χ0v) is 8.04. The van der Waals surface area contributed by atoms with E-state index in [9.17, 15) is 4.21 Å². The van der Waals surface area contributed by atoms with E-state index in [1.54, 1.807) is 12.5 Å². The minimum Gasteiger partial charge on any atom is -0.355 e. The number of nitrogens with zero attached hydrogens (tertiary/aromatic N) is 3. The van der Waals surface area contributed by atoms with Crippen molar-refractivity contribution in [3.8, 4) is 0 Å². The molecule has 13 heavy (non-hydrogen) atoms. The summed E-state index contributed by atoms with van der Waals surface area (Å²) in [4.78, 5) is 10.1. The fourth-order valence-electron chi connectivity index (χ4n) is 1.34. The van der Waals surface area contributed by atoms with Crippen LogP contribution in [-0.2, 0) is 10.8 Å². The van der Waals surface area contributed by atoms with Gasteiger partial charge in [-0.3, -0.25) is 4.21 Å². The third-order valence-corrected chi connectivity index (χ3v) is 3.34. The van der Waals surface area contributed by atoms with Crippen LogP contribution in [0.5, 0.6) is 0 Å². The van der Waals surface area contributed by atoms with Gasteiger partial charge in [0.2, 0.25) is 0 Å². The molecule has 2 rings (SSSR count). The minimum absolute atomic E-state index is 0.620. The van der Waals surface area contributed by atoms with Crippen LogP contribution in [0.3, 0.4) is 0 Å². The molecular formula is C8H11N3OS. The first-order chi connectivity index (χ1) is 6.36. The Morgan fingerprint density at radius 2 is 2.15 bits per heavy atom. The molecule has 0 aromatic carbocycles. The lowest BCUT2D eigenvalue weighted by atomic mass is 10.4. The molecule has 0 aliphatic carbocycles. The van der Waals surface area contributed by atoms with E-state index < -0.39 is 10.8 Å². The highest BCUT2D eigenvalue weighted by Gasteiger charge is 2.15. The van der Waals surface area contributed by atoms with Gasteiger partial charge in [0.15, 0.2) is 0 Å². The van der Waals surface area contributed by atoms with Gasteiger partial charge in [0.25, 0.3) is 0 Å². The average Bonchev–Trinajstić information content (AvgIpc) is 2.20. The van der Waals surface area contributed by atoms with Gasteiger partial charge in [-0.25, -0.2) is 9.97 Å². The van der Waals surface area contributed by atoms with Crippen LogP contribution in [0.2, 0.25) is 0 Å². The quantitative estimate of drug-likeness (QED) is 0.638. The molecule has 0 unspecified atom stereocenters. The number of hydrogen-bond donors (Lipinski definition) is 0. The van der Waals surface area contributed by atoms with Gasteiger partial charge in [-0.15, -0.1) is 0 Å². The largest absolute Gasteiger partial charge is 0.355 e. The molecule has 0 amide bonds. The lowest BCUT2D eigenvalue weighted by molar-refractivity contribution is 0.672. The summed E-state index contributed by atoms with van der Waals surface area (Å²) in [7, 11) is -0.620. The fraction of sp³-hybridized carbons (Fsp3) is 0.500. The first-order valence-electron chi connectivity index (χ1n) is 4.22. The van der Waals surface area contributed by atoms with Gasteiger partial charge in [-0.05, 0) is 6.07 Å². The van der Waals surface area contributed by atoms with Crippen LogP contribution in [0, 0.1) is 0 Å². The maximum absolute atomic E-state index is 11.1. The third kappa shape index (κ3) is 2.03. The Bertz CT molecular complexity index is 294. The highest BCUT2D eigenvalue weighted by Crippen LogP contribution is 2.10. The van der Waals surface area contributed by atoms with E-state index in [4.69, 9.17) is 0 Å². The van der Waals surface area contributed by atoms with E-state index in [0.717, 1.165) is 30.4 Å². The molecule has 1 aliphatic heterocycles. The van der Waals surface area contributed by atoms with Crippen LogP contribution in [0.15, 0.2) is 18.6 Å². The molecule has 0 radical (unpaired) electrons. The Hall–Kier alpha value is -0.970. The molecule has 0 atom stereocenters. The molecule has 2 heterocycles. The van der Waals surface area contributed by atoms with Crippen molar-refractivity contribution in [2.45, 2.75) is 0 Å². The molecule has 0 spiro atoms. The summed E-state index contributed by atoms with van der Waals surface area (Å²) in [6, 6.07) is 1.88. The van der Waals surface area contributed by atoms with Crippen molar-refractivity contribution >= 4 is 16.6 Å². The molecule has 1 fully saturated rings. The van der Waals surface area contributed by atoms with E-state index in [-0.39, 0.29) is 0 Å². The zero-order valence-electron chi connectivity index (χ0n) is 7.22. The van der Waals surface area contributed by atoms with Gasteiger partial charge in [0.1, 0.15) is 12.1 Å². The predicted octanol–water partition coefficient (Wildman–Crippen LogP) is 0.0453. The average molecular weight is 197 g/mol. The normalized spacial score (nSPS) is 18.9. The van der Waals surface area contributed by atoms with Crippen molar-refractivity contribution in [3.63, 3.8) is 0 Å². The molecule has 4 nitrogen and oxygen atoms in total. The summed E-state index contributed by atoms with van der Waals surface area (Å²) in [5, 5.41) is 0. The van der Waals surface area contributed by atoms with E-state index in [0.29, 0.717) is 0 Å². The molecule has 1 aromatic rings. The predicted molar refractivity (Wildman–Crippen MR) is 52.1 cm³/mol. The summed E-state index contributed by atoms with van der Waals surface area (Å²) >= 11 is 0. The lowest BCUT2D eigenvalue weighted by Crippen LogP contribution is -2.38. The molecular weight excluding hydrogens is 186 g/mol. The number of rotatable bonds is 1. The summed E-state index contributed by atoms with van der Waals surface area (Å²) in [5.74, 6) is 2.44. The molecule has 70 valence electrons. The smallest absolute Gasteiger partial charge is 0.131 e. The fourth-order valence-corrected chi connectivity index (χ4v) is 2.39. The Labute approximate surface area is 79.5 Å². The van der Waals surface area contributed by atoms with Crippen LogP contribution < -0.4 is 4.90 Å². The number of aromatic nitrogens is 2. The summed E-state index contributed by atoms with van der Waals surface area (Å²) in [6.07, 6.45) is 3.27. The number of anilines is 1. The summed E-state index contributed by atoms with van der Waals surface area (Å²) in [6.45, 7) is 1.67. The summed E-state index contributed by atoms with van der Waals surface area (Å²) < 4.78 is 11.1. The van der Waals surface area contributed by atoms with Crippen molar-refractivity contribution in [2.75, 3.05) is 29.5 Å². The first-order valence-corrected chi connectivity index (χ1v) is 5.71. The molecule has 1 saturated heterocycles. The van der Waals surface area contributed by atoms with Gasteiger partial charge < -0.3 is 4.90 Å². The Morgan fingerprint density at radius 3 is 2.77 bits per heavy atom. The molecule has 0 N–H and O–H groups in total. The Morgan fingerprint density at radius 1 is 1.38 bits per heavy atom. The maximum atomic E-state index is 11.1. The Kier molecular flexibility index (Phi) is 2.54. The monoisotopic (exact) mass is 197 g/mol. The van der Waals surface area contributed by atoms with E-state index in [2.05, 4.69) is 14.9 Å². The maximum Gasteiger partial charge on any atom is 0.131 e. The van der Waals surface area contributed by atoms with Gasteiger partial charge in [0, 0.05) is 41.6 Å². The first kappa shape index (κ1) is 8.62. The minimum atomic E-state index is -0.620. The highest BCUT2D eigenvalue weighted by atomic mass is 32.2. The highest BCUT2D eigenvalue weighted by molar-refractivity contribution is 7.85. The van der Waals surface area contributed by atoms with Crippen LogP contribution in [0.4, 0.5) is 5.82 Å². The Balaban J connectivity index is 2.07. The third-order valence-electron chi connectivity index (χ3n) is 2.07. The molecule has 1 aliphatic rings. The van der Waals surface area contributed by atoms with Crippen molar-refractivity contribution in [1.29, 1.82) is 0 Å². The lowest BCUT2D eigenvalue weighted by Gasteiger charge is -2.26. The molecule has 0 bridgehead atoms. The topological polar surface area (TPSA) is 46.1 Å². The van der Waals surface area contributed by atoms with Gasteiger partial charge in [-0.2, -0.15) is 0 Å². The van der Waals surface area contributed by atoms with Crippen LogP contribution in [0.1, 0.15) is 0 Å². The van der Waals surface area contributed by atoms with E-state index in [1.165, 1.54) is 0 Å². The second-order valence-corrected chi connectivity index (χ2v) is 4.60. The van der Waals surface area contributed by atoms with Gasteiger partial charge >= 0.3 is 0 Å². The van der Waals surface area contributed by atoms with Crippen molar-refractivity contribution in [1.82, 2.24) is 9.97 Å². The SMILES string of the molecule is O=S1CCN(c2ccncn2)CC1. The van der Waals surface area contributed by atoms with E-state index >= 15 is 0 Å². The molecule has 5 heteroatoms. The van der Waals surface area contributed by atoms with Crippen LogP contribution >= 0.6 is 0 Å². The van der Waals surface area contributed by atoms with Gasteiger partial charge in [0.05, 0.1) is 0 Å². The van der Waals surface area contributed by atoms with Crippen molar-refractivity contribution in [2.24, 2.45) is 0 Å². The van der Waals surface area contributed by atoms with Crippen LogP contribution in [-0.4, -0.2) is 38.8 Å². The van der Waals surface area contributed by atoms with E-state index in [1.807, 2.05) is 6.07 Å².